The van der Waals surface area contributed by atoms with Crippen LogP contribution in [0.2, 0.25) is 0 Å². The minimum absolute atomic E-state index is 0.546. The van der Waals surface area contributed by atoms with Gasteiger partial charge in [0.2, 0.25) is 0 Å². The fraction of sp³-hybridized carbons (Fsp3) is 0.571. The monoisotopic (exact) mass is 252 g/mol. The Morgan fingerprint density at radius 1 is 1.22 bits per heavy atom. The molecule has 4 heteroatoms. The Bertz CT molecular complexity index is 383. The van der Waals surface area contributed by atoms with Crippen molar-refractivity contribution in [3.8, 4) is 11.5 Å². The maximum absolute atomic E-state index is 5.95. The van der Waals surface area contributed by atoms with Crippen molar-refractivity contribution in [3.63, 3.8) is 0 Å². The first kappa shape index (κ1) is 13.2. The van der Waals surface area contributed by atoms with E-state index in [9.17, 15) is 0 Å². The molecule has 100 valence electrons. The first-order valence-corrected chi connectivity index (χ1v) is 6.37. The summed E-state index contributed by atoms with van der Waals surface area (Å²) in [6.45, 7) is 4.96. The third kappa shape index (κ3) is 2.44. The van der Waals surface area contributed by atoms with Gasteiger partial charge in [0.1, 0.15) is 0 Å². The van der Waals surface area contributed by atoms with E-state index < -0.39 is 5.97 Å². The van der Waals surface area contributed by atoms with Crippen molar-refractivity contribution in [1.29, 1.82) is 0 Å². The predicted octanol–water partition coefficient (Wildman–Crippen LogP) is 2.75. The Balaban J connectivity index is 2.30. The molecule has 0 radical (unpaired) electrons. The molecule has 0 N–H and O–H groups in total. The summed E-state index contributed by atoms with van der Waals surface area (Å²) in [5.74, 6) is 0.481. The third-order valence-corrected chi connectivity index (χ3v) is 2.97. The molecule has 0 fully saturated rings. The second-order valence-electron chi connectivity index (χ2n) is 4.10. The number of ether oxygens (including phenoxy) is 4. The number of rotatable bonds is 5. The van der Waals surface area contributed by atoms with Crippen molar-refractivity contribution in [1.82, 2.24) is 0 Å². The summed E-state index contributed by atoms with van der Waals surface area (Å²) in [7, 11) is 1.64. The van der Waals surface area contributed by atoms with Crippen LogP contribution in [0.15, 0.2) is 18.2 Å². The fourth-order valence-electron chi connectivity index (χ4n) is 2.21. The van der Waals surface area contributed by atoms with Crippen molar-refractivity contribution in [3.05, 3.63) is 23.8 Å². The van der Waals surface area contributed by atoms with E-state index in [1.807, 2.05) is 32.0 Å². The van der Waals surface area contributed by atoms with E-state index in [2.05, 4.69) is 0 Å². The van der Waals surface area contributed by atoms with Crippen LogP contribution in [-0.2, 0) is 15.9 Å². The van der Waals surface area contributed by atoms with Gasteiger partial charge in [0, 0.05) is 6.42 Å². The Morgan fingerprint density at radius 2 is 1.94 bits per heavy atom. The summed E-state index contributed by atoms with van der Waals surface area (Å²) in [5.41, 5.74) is 1.13. The SMILES string of the molecule is CCOC1(OCC)CCc2cccc(OC)c2O1. The van der Waals surface area contributed by atoms with E-state index in [-0.39, 0.29) is 0 Å². The molecule has 0 aromatic heterocycles. The van der Waals surface area contributed by atoms with Crippen LogP contribution in [0.1, 0.15) is 25.8 Å². The second kappa shape index (κ2) is 5.59. The van der Waals surface area contributed by atoms with Gasteiger partial charge in [0.05, 0.1) is 20.3 Å². The van der Waals surface area contributed by atoms with Crippen LogP contribution >= 0.6 is 0 Å². The first-order valence-electron chi connectivity index (χ1n) is 6.37. The molecule has 1 aromatic rings. The van der Waals surface area contributed by atoms with Crippen LogP contribution in [0.5, 0.6) is 11.5 Å². The Labute approximate surface area is 108 Å². The molecule has 0 atom stereocenters. The van der Waals surface area contributed by atoms with Crippen LogP contribution in [0.3, 0.4) is 0 Å². The van der Waals surface area contributed by atoms with Crippen LogP contribution in [0.25, 0.3) is 0 Å². The summed E-state index contributed by atoms with van der Waals surface area (Å²) in [4.78, 5) is 0. The standard InChI is InChI=1S/C14H20O4/c1-4-16-14(17-5-2)10-9-11-7-6-8-12(15-3)13(11)18-14/h6-8H,4-5,9-10H2,1-3H3. The lowest BCUT2D eigenvalue weighted by molar-refractivity contribution is -0.347. The highest BCUT2D eigenvalue weighted by atomic mass is 16.9. The summed E-state index contributed by atoms with van der Waals surface area (Å²) in [6, 6.07) is 5.89. The summed E-state index contributed by atoms with van der Waals surface area (Å²) in [6.07, 6.45) is 1.54. The minimum Gasteiger partial charge on any atom is -0.493 e. The average molecular weight is 252 g/mol. The maximum Gasteiger partial charge on any atom is 0.327 e. The number of benzene rings is 1. The van der Waals surface area contributed by atoms with Crippen molar-refractivity contribution in [2.45, 2.75) is 32.7 Å². The zero-order valence-electron chi connectivity index (χ0n) is 11.2. The largest absolute Gasteiger partial charge is 0.493 e. The molecule has 4 nitrogen and oxygen atoms in total. The van der Waals surface area contributed by atoms with Crippen molar-refractivity contribution in [2.75, 3.05) is 20.3 Å². The highest BCUT2D eigenvalue weighted by Gasteiger charge is 2.39. The van der Waals surface area contributed by atoms with Crippen molar-refractivity contribution >= 4 is 0 Å². The number of para-hydroxylation sites is 1. The van der Waals surface area contributed by atoms with Gasteiger partial charge in [-0.05, 0) is 31.9 Å². The molecule has 0 unspecified atom stereocenters. The first-order chi connectivity index (χ1) is 8.74. The molecule has 18 heavy (non-hydrogen) atoms. The van der Waals surface area contributed by atoms with E-state index in [1.54, 1.807) is 7.11 Å². The lowest BCUT2D eigenvalue weighted by atomic mass is 10.0. The molecule has 1 heterocycles. The van der Waals surface area contributed by atoms with Gasteiger partial charge in [-0.1, -0.05) is 12.1 Å². The number of hydrogen-bond acceptors (Lipinski definition) is 4. The number of hydrogen-bond donors (Lipinski definition) is 0. The molecule has 1 aromatic carbocycles. The zero-order chi connectivity index (χ0) is 13.0. The maximum atomic E-state index is 5.95. The summed E-state index contributed by atoms with van der Waals surface area (Å²) >= 11 is 0. The van der Waals surface area contributed by atoms with Gasteiger partial charge >= 0.3 is 5.97 Å². The van der Waals surface area contributed by atoms with Crippen molar-refractivity contribution in [2.24, 2.45) is 0 Å². The fourth-order valence-corrected chi connectivity index (χ4v) is 2.21. The molecular formula is C14H20O4. The highest BCUT2D eigenvalue weighted by molar-refractivity contribution is 5.47. The number of methoxy groups -OCH3 is 1. The number of aryl methyl sites for hydroxylation is 1. The van der Waals surface area contributed by atoms with E-state index in [0.29, 0.717) is 19.6 Å². The smallest absolute Gasteiger partial charge is 0.327 e. The molecule has 0 spiro atoms. The van der Waals surface area contributed by atoms with Crippen LogP contribution in [-0.4, -0.2) is 26.3 Å². The van der Waals surface area contributed by atoms with Gasteiger partial charge in [-0.25, -0.2) is 0 Å². The van der Waals surface area contributed by atoms with Crippen molar-refractivity contribution < 1.29 is 18.9 Å². The molecule has 0 bridgehead atoms. The molecule has 2 rings (SSSR count). The summed E-state index contributed by atoms with van der Waals surface area (Å²) < 4.78 is 22.6. The summed E-state index contributed by atoms with van der Waals surface area (Å²) in [5, 5.41) is 0. The minimum atomic E-state index is -0.967. The lowest BCUT2D eigenvalue weighted by Crippen LogP contribution is -2.45. The average Bonchev–Trinajstić information content (AvgIpc) is 2.38. The predicted molar refractivity (Wildman–Crippen MR) is 67.9 cm³/mol. The number of fused-ring (bicyclic) bond motifs is 1. The van der Waals surface area contributed by atoms with E-state index in [4.69, 9.17) is 18.9 Å². The van der Waals surface area contributed by atoms with E-state index in [1.165, 1.54) is 0 Å². The highest BCUT2D eigenvalue weighted by Crippen LogP contribution is 2.40. The molecule has 0 amide bonds. The molecule has 1 aliphatic heterocycles. The van der Waals surface area contributed by atoms with Gasteiger partial charge < -0.3 is 18.9 Å². The van der Waals surface area contributed by atoms with Gasteiger partial charge in [-0.2, -0.15) is 0 Å². The third-order valence-electron chi connectivity index (χ3n) is 2.97. The Morgan fingerprint density at radius 3 is 2.56 bits per heavy atom. The quantitative estimate of drug-likeness (QED) is 0.755. The lowest BCUT2D eigenvalue weighted by Gasteiger charge is -2.37. The van der Waals surface area contributed by atoms with Gasteiger partial charge in [0.15, 0.2) is 11.5 Å². The van der Waals surface area contributed by atoms with Gasteiger partial charge in [-0.15, -0.1) is 0 Å². The second-order valence-corrected chi connectivity index (χ2v) is 4.10. The molecule has 0 saturated heterocycles. The molecular weight excluding hydrogens is 232 g/mol. The molecule has 0 saturated carbocycles. The Kier molecular flexibility index (Phi) is 4.09. The van der Waals surface area contributed by atoms with Crippen LogP contribution < -0.4 is 9.47 Å². The topological polar surface area (TPSA) is 36.9 Å². The van der Waals surface area contributed by atoms with Gasteiger partial charge in [0.25, 0.3) is 0 Å². The zero-order valence-corrected chi connectivity index (χ0v) is 11.2. The molecule has 0 aliphatic carbocycles. The van der Waals surface area contributed by atoms with E-state index in [0.717, 1.165) is 23.5 Å². The van der Waals surface area contributed by atoms with E-state index >= 15 is 0 Å². The molecule has 1 aliphatic rings. The Hall–Kier alpha value is -1.26. The van der Waals surface area contributed by atoms with Crippen LogP contribution in [0.4, 0.5) is 0 Å². The van der Waals surface area contributed by atoms with Crippen LogP contribution in [0, 0.1) is 0 Å². The van der Waals surface area contributed by atoms with Gasteiger partial charge in [-0.3, -0.25) is 0 Å². The normalized spacial score (nSPS) is 16.8.